The van der Waals surface area contributed by atoms with Crippen LogP contribution in [0.25, 0.3) is 10.9 Å². The van der Waals surface area contributed by atoms with Gasteiger partial charge in [0, 0.05) is 23.7 Å². The number of hydrogen-bond donors (Lipinski definition) is 2. The van der Waals surface area contributed by atoms with Crippen molar-refractivity contribution in [1.29, 1.82) is 0 Å². The molecule has 1 saturated carbocycles. The number of primary amides is 1. The molecule has 3 aromatic rings. The van der Waals surface area contributed by atoms with E-state index >= 15 is 0 Å². The van der Waals surface area contributed by atoms with Gasteiger partial charge in [-0.15, -0.1) is 0 Å². The summed E-state index contributed by atoms with van der Waals surface area (Å²) in [6, 6.07) is 9.33. The molecule has 0 saturated heterocycles. The lowest BCUT2D eigenvalue weighted by Gasteiger charge is -2.32. The highest BCUT2D eigenvalue weighted by atomic mass is 19.1. The van der Waals surface area contributed by atoms with Gasteiger partial charge in [-0.05, 0) is 42.2 Å². The van der Waals surface area contributed by atoms with Gasteiger partial charge in [-0.3, -0.25) is 14.9 Å². The standard InChI is InChI=1S/C18H17FN4O/c19-14-7-15(11-3-4-16-12(6-11)9-22-23-16)18(8-14,17(20)24)13-2-1-5-21-10-13/h1-6,9-10,14-15H,7-8H2,(H2,20,24)(H,22,23). The molecular weight excluding hydrogens is 307 g/mol. The molecule has 0 radical (unpaired) electrons. The number of hydrogen-bond acceptors (Lipinski definition) is 3. The zero-order chi connectivity index (χ0) is 16.7. The molecule has 0 bridgehead atoms. The van der Waals surface area contributed by atoms with E-state index in [4.69, 9.17) is 5.73 Å². The lowest BCUT2D eigenvalue weighted by Crippen LogP contribution is -2.43. The molecule has 3 unspecified atom stereocenters. The summed E-state index contributed by atoms with van der Waals surface area (Å²) in [6.07, 6.45) is 4.24. The van der Waals surface area contributed by atoms with Crippen molar-refractivity contribution in [2.45, 2.75) is 30.3 Å². The predicted molar refractivity (Wildman–Crippen MR) is 88.1 cm³/mol. The fourth-order valence-corrected chi connectivity index (χ4v) is 3.99. The number of nitrogens with one attached hydrogen (secondary N) is 1. The second-order valence-corrected chi connectivity index (χ2v) is 6.38. The number of benzene rings is 1. The van der Waals surface area contributed by atoms with Crippen molar-refractivity contribution >= 4 is 16.8 Å². The van der Waals surface area contributed by atoms with Crippen LogP contribution in [0.3, 0.4) is 0 Å². The number of carbonyl (C=O) groups excluding carboxylic acids is 1. The fraction of sp³-hybridized carbons (Fsp3) is 0.278. The first-order chi connectivity index (χ1) is 11.6. The minimum Gasteiger partial charge on any atom is -0.369 e. The number of alkyl halides is 1. The molecule has 1 aliphatic carbocycles. The maximum absolute atomic E-state index is 14.4. The highest BCUT2D eigenvalue weighted by Gasteiger charge is 2.53. The van der Waals surface area contributed by atoms with E-state index in [0.29, 0.717) is 5.56 Å². The van der Waals surface area contributed by atoms with Crippen LogP contribution >= 0.6 is 0 Å². The van der Waals surface area contributed by atoms with Crippen molar-refractivity contribution in [2.24, 2.45) is 5.73 Å². The van der Waals surface area contributed by atoms with Gasteiger partial charge in [0.1, 0.15) is 6.17 Å². The molecule has 4 rings (SSSR count). The molecule has 3 N–H and O–H groups in total. The third-order valence-electron chi connectivity index (χ3n) is 5.11. The van der Waals surface area contributed by atoms with Gasteiger partial charge in [-0.2, -0.15) is 5.10 Å². The second-order valence-electron chi connectivity index (χ2n) is 6.38. The Bertz CT molecular complexity index is 894. The van der Waals surface area contributed by atoms with Crippen LogP contribution in [0.1, 0.15) is 29.9 Å². The summed E-state index contributed by atoms with van der Waals surface area (Å²) in [5.41, 5.74) is 7.19. The smallest absolute Gasteiger partial charge is 0.228 e. The Labute approximate surface area is 138 Å². The van der Waals surface area contributed by atoms with E-state index in [2.05, 4.69) is 15.2 Å². The second kappa shape index (κ2) is 5.40. The van der Waals surface area contributed by atoms with Gasteiger partial charge < -0.3 is 5.73 Å². The average Bonchev–Trinajstić information content (AvgIpc) is 3.19. The van der Waals surface area contributed by atoms with Gasteiger partial charge in [0.2, 0.25) is 5.91 Å². The number of aromatic amines is 1. The topological polar surface area (TPSA) is 84.7 Å². The van der Waals surface area contributed by atoms with Gasteiger partial charge in [-0.1, -0.05) is 12.1 Å². The Morgan fingerprint density at radius 1 is 1.33 bits per heavy atom. The quantitative estimate of drug-likeness (QED) is 0.776. The molecule has 3 atom stereocenters. The molecule has 2 heterocycles. The fourth-order valence-electron chi connectivity index (χ4n) is 3.99. The Hall–Kier alpha value is -2.76. The summed E-state index contributed by atoms with van der Waals surface area (Å²) in [5.74, 6) is -0.832. The van der Waals surface area contributed by atoms with Crippen molar-refractivity contribution in [3.8, 4) is 0 Å². The highest BCUT2D eigenvalue weighted by Crippen LogP contribution is 2.52. The van der Waals surface area contributed by atoms with Gasteiger partial charge in [0.25, 0.3) is 0 Å². The average molecular weight is 324 g/mol. The van der Waals surface area contributed by atoms with Crippen LogP contribution in [-0.4, -0.2) is 27.3 Å². The van der Waals surface area contributed by atoms with Crippen molar-refractivity contribution in [3.63, 3.8) is 0 Å². The summed E-state index contributed by atoms with van der Waals surface area (Å²) in [5, 5.41) is 7.84. The van der Waals surface area contributed by atoms with Crippen molar-refractivity contribution in [3.05, 3.63) is 60.0 Å². The number of fused-ring (bicyclic) bond motifs is 1. The lowest BCUT2D eigenvalue weighted by molar-refractivity contribution is -0.124. The number of H-pyrrole nitrogens is 1. The molecule has 6 heteroatoms. The summed E-state index contributed by atoms with van der Waals surface area (Å²) in [4.78, 5) is 16.6. The molecule has 0 aliphatic heterocycles. The monoisotopic (exact) mass is 324 g/mol. The first kappa shape index (κ1) is 14.8. The van der Waals surface area contributed by atoms with Crippen molar-refractivity contribution in [2.75, 3.05) is 0 Å². The van der Waals surface area contributed by atoms with E-state index < -0.39 is 17.5 Å². The van der Waals surface area contributed by atoms with E-state index in [-0.39, 0.29) is 18.8 Å². The van der Waals surface area contributed by atoms with Gasteiger partial charge in [-0.25, -0.2) is 4.39 Å². The minimum atomic E-state index is -1.08. The number of carbonyl (C=O) groups is 1. The Morgan fingerprint density at radius 3 is 2.96 bits per heavy atom. The molecule has 5 nitrogen and oxygen atoms in total. The number of pyridine rings is 1. The lowest BCUT2D eigenvalue weighted by atomic mass is 9.69. The van der Waals surface area contributed by atoms with Gasteiger partial charge >= 0.3 is 0 Å². The molecule has 1 aliphatic rings. The Balaban J connectivity index is 1.89. The van der Waals surface area contributed by atoms with Crippen LogP contribution in [0.4, 0.5) is 4.39 Å². The summed E-state index contributed by atoms with van der Waals surface area (Å²) < 4.78 is 14.4. The predicted octanol–water partition coefficient (Wildman–Crippen LogP) is 2.60. The summed E-state index contributed by atoms with van der Waals surface area (Å²) >= 11 is 0. The molecule has 0 spiro atoms. The molecule has 24 heavy (non-hydrogen) atoms. The maximum atomic E-state index is 14.4. The van der Waals surface area contributed by atoms with Crippen LogP contribution < -0.4 is 5.73 Å². The number of amides is 1. The SMILES string of the molecule is NC(=O)C1(c2cccnc2)CC(F)CC1c1ccc2[nH]ncc2c1. The van der Waals surface area contributed by atoms with E-state index in [1.807, 2.05) is 18.2 Å². The zero-order valence-electron chi connectivity index (χ0n) is 12.9. The van der Waals surface area contributed by atoms with Crippen LogP contribution in [0, 0.1) is 0 Å². The Morgan fingerprint density at radius 2 is 2.21 bits per heavy atom. The van der Waals surface area contributed by atoms with E-state index in [1.165, 1.54) is 0 Å². The first-order valence-electron chi connectivity index (χ1n) is 7.89. The molecular formula is C18H17FN4O. The number of rotatable bonds is 3. The highest BCUT2D eigenvalue weighted by molar-refractivity contribution is 5.89. The number of aromatic nitrogens is 3. The van der Waals surface area contributed by atoms with Crippen LogP contribution in [-0.2, 0) is 10.2 Å². The largest absolute Gasteiger partial charge is 0.369 e. The molecule has 122 valence electrons. The van der Waals surface area contributed by atoms with Crippen LogP contribution in [0.5, 0.6) is 0 Å². The molecule has 1 amide bonds. The third-order valence-corrected chi connectivity index (χ3v) is 5.11. The number of nitrogens with zero attached hydrogens (tertiary/aromatic N) is 2. The summed E-state index contributed by atoms with van der Waals surface area (Å²) in [6.45, 7) is 0. The number of halogens is 1. The third kappa shape index (κ3) is 2.10. The normalized spacial score (nSPS) is 26.7. The maximum Gasteiger partial charge on any atom is 0.228 e. The Kier molecular flexibility index (Phi) is 3.33. The zero-order valence-corrected chi connectivity index (χ0v) is 12.9. The summed E-state index contributed by atoms with van der Waals surface area (Å²) in [7, 11) is 0. The van der Waals surface area contributed by atoms with Gasteiger partial charge in [0.05, 0.1) is 17.1 Å². The molecule has 1 fully saturated rings. The first-order valence-corrected chi connectivity index (χ1v) is 7.89. The van der Waals surface area contributed by atoms with E-state index in [0.717, 1.165) is 16.5 Å². The van der Waals surface area contributed by atoms with Crippen LogP contribution in [0.15, 0.2) is 48.9 Å². The minimum absolute atomic E-state index is 0.0854. The number of nitrogens with two attached hydrogens (primary N) is 1. The van der Waals surface area contributed by atoms with Crippen LogP contribution in [0.2, 0.25) is 0 Å². The van der Waals surface area contributed by atoms with Gasteiger partial charge in [0.15, 0.2) is 0 Å². The van der Waals surface area contributed by atoms with Crippen molar-refractivity contribution < 1.29 is 9.18 Å². The molecule has 2 aromatic heterocycles. The molecule has 1 aromatic carbocycles. The van der Waals surface area contributed by atoms with Crippen molar-refractivity contribution in [1.82, 2.24) is 15.2 Å². The van der Waals surface area contributed by atoms with E-state index in [9.17, 15) is 9.18 Å². The van der Waals surface area contributed by atoms with E-state index in [1.54, 1.807) is 30.7 Å².